The molecular formula is C30H37NO4. The highest BCUT2D eigenvalue weighted by Crippen LogP contribution is 2.46. The molecule has 6 unspecified atom stereocenters. The predicted molar refractivity (Wildman–Crippen MR) is 135 cm³/mol. The van der Waals surface area contributed by atoms with Gasteiger partial charge < -0.3 is 19.5 Å². The number of carbonyl (C=O) groups excluding carboxylic acids is 1. The number of fused-ring (bicyclic) bond motifs is 5. The van der Waals surface area contributed by atoms with Crippen LogP contribution in [0.5, 0.6) is 0 Å². The van der Waals surface area contributed by atoms with Gasteiger partial charge in [0.1, 0.15) is 6.61 Å². The van der Waals surface area contributed by atoms with E-state index in [1.54, 1.807) is 0 Å². The summed E-state index contributed by atoms with van der Waals surface area (Å²) in [4.78, 5) is 13.2. The summed E-state index contributed by atoms with van der Waals surface area (Å²) in [6, 6.07) is 17.1. The molecule has 1 saturated heterocycles. The highest BCUT2D eigenvalue weighted by Gasteiger charge is 2.49. The summed E-state index contributed by atoms with van der Waals surface area (Å²) in [5.41, 5.74) is 4.99. The zero-order valence-electron chi connectivity index (χ0n) is 20.7. The van der Waals surface area contributed by atoms with Gasteiger partial charge in [-0.2, -0.15) is 0 Å². The highest BCUT2D eigenvalue weighted by molar-refractivity contribution is 5.79. The second-order valence-corrected chi connectivity index (χ2v) is 10.7. The van der Waals surface area contributed by atoms with E-state index in [2.05, 4.69) is 60.8 Å². The Morgan fingerprint density at radius 1 is 0.914 bits per heavy atom. The number of hydrogen-bond acceptors (Lipinski definition) is 4. The van der Waals surface area contributed by atoms with Gasteiger partial charge in [-0.3, -0.25) is 0 Å². The van der Waals surface area contributed by atoms with E-state index in [9.17, 15) is 4.79 Å². The van der Waals surface area contributed by atoms with Crippen molar-refractivity contribution < 1.29 is 19.0 Å². The van der Waals surface area contributed by atoms with Crippen LogP contribution in [0.15, 0.2) is 48.5 Å². The SMILES string of the molecule is CCOC1CCC2C(C1)OC1CCCCC1C2NC(=O)OCC1c2ccccc2-c2ccccc21. The Morgan fingerprint density at radius 3 is 2.34 bits per heavy atom. The van der Waals surface area contributed by atoms with Gasteiger partial charge in [0.15, 0.2) is 0 Å². The minimum Gasteiger partial charge on any atom is -0.449 e. The molecule has 0 spiro atoms. The molecule has 5 heteroatoms. The number of rotatable bonds is 5. The van der Waals surface area contributed by atoms with E-state index in [0.717, 1.165) is 38.7 Å². The van der Waals surface area contributed by atoms with Crippen molar-refractivity contribution in [1.82, 2.24) is 5.32 Å². The van der Waals surface area contributed by atoms with Crippen molar-refractivity contribution >= 4 is 6.09 Å². The number of carbonyl (C=O) groups is 1. The van der Waals surface area contributed by atoms with Crippen molar-refractivity contribution in [3.05, 3.63) is 59.7 Å². The second-order valence-electron chi connectivity index (χ2n) is 10.7. The summed E-state index contributed by atoms with van der Waals surface area (Å²) in [5, 5.41) is 3.35. The van der Waals surface area contributed by atoms with Gasteiger partial charge in [-0.25, -0.2) is 4.79 Å². The summed E-state index contributed by atoms with van der Waals surface area (Å²) < 4.78 is 18.5. The van der Waals surface area contributed by atoms with Crippen LogP contribution in [-0.4, -0.2) is 43.7 Å². The lowest BCUT2D eigenvalue weighted by atomic mass is 9.68. The Hall–Kier alpha value is -2.37. The molecule has 35 heavy (non-hydrogen) atoms. The van der Waals surface area contributed by atoms with E-state index in [4.69, 9.17) is 14.2 Å². The summed E-state index contributed by atoms with van der Waals surface area (Å²) >= 11 is 0. The number of ether oxygens (including phenoxy) is 3. The maximum Gasteiger partial charge on any atom is 0.407 e. The van der Waals surface area contributed by atoms with Crippen molar-refractivity contribution in [3.63, 3.8) is 0 Å². The molecule has 1 amide bonds. The lowest BCUT2D eigenvalue weighted by Crippen LogP contribution is -2.60. The fourth-order valence-electron chi connectivity index (χ4n) is 7.31. The van der Waals surface area contributed by atoms with Gasteiger partial charge >= 0.3 is 6.09 Å². The minimum absolute atomic E-state index is 0.0830. The van der Waals surface area contributed by atoms with E-state index in [1.165, 1.54) is 35.1 Å². The Labute approximate surface area is 208 Å². The molecule has 0 radical (unpaired) electrons. The molecule has 1 heterocycles. The van der Waals surface area contributed by atoms with Crippen LogP contribution >= 0.6 is 0 Å². The number of benzene rings is 2. The Bertz CT molecular complexity index is 1010. The first kappa shape index (κ1) is 23.1. The van der Waals surface area contributed by atoms with Crippen molar-refractivity contribution in [3.8, 4) is 11.1 Å². The van der Waals surface area contributed by atoms with Crippen LogP contribution in [0.3, 0.4) is 0 Å². The van der Waals surface area contributed by atoms with Crippen LogP contribution in [-0.2, 0) is 14.2 Å². The minimum atomic E-state index is -0.284. The molecule has 1 aliphatic heterocycles. The third-order valence-electron chi connectivity index (χ3n) is 8.85. The normalized spacial score (nSPS) is 31.6. The summed E-state index contributed by atoms with van der Waals surface area (Å²) in [5.74, 6) is 0.806. The van der Waals surface area contributed by atoms with E-state index in [1.807, 2.05) is 0 Å². The van der Waals surface area contributed by atoms with Gasteiger partial charge in [-0.1, -0.05) is 61.4 Å². The topological polar surface area (TPSA) is 56.8 Å². The number of amides is 1. The smallest absolute Gasteiger partial charge is 0.407 e. The fraction of sp³-hybridized carbons (Fsp3) is 0.567. The lowest BCUT2D eigenvalue weighted by molar-refractivity contribution is -0.173. The van der Waals surface area contributed by atoms with Crippen LogP contribution in [0.4, 0.5) is 4.79 Å². The van der Waals surface area contributed by atoms with Gasteiger partial charge in [-0.15, -0.1) is 0 Å². The van der Waals surface area contributed by atoms with Crippen molar-refractivity contribution in [2.75, 3.05) is 13.2 Å². The Kier molecular flexibility index (Phi) is 6.55. The molecule has 186 valence electrons. The van der Waals surface area contributed by atoms with Crippen molar-refractivity contribution in [2.24, 2.45) is 11.8 Å². The molecule has 6 rings (SSSR count). The van der Waals surface area contributed by atoms with Crippen molar-refractivity contribution in [2.45, 2.75) is 82.1 Å². The van der Waals surface area contributed by atoms with E-state index in [-0.39, 0.29) is 36.4 Å². The molecule has 2 saturated carbocycles. The van der Waals surface area contributed by atoms with E-state index < -0.39 is 0 Å². The summed E-state index contributed by atoms with van der Waals surface area (Å²) in [6.45, 7) is 3.17. The van der Waals surface area contributed by atoms with Gasteiger partial charge in [0.2, 0.25) is 0 Å². The molecule has 6 atom stereocenters. The largest absolute Gasteiger partial charge is 0.449 e. The maximum atomic E-state index is 13.2. The average Bonchev–Trinajstić information content (AvgIpc) is 3.21. The molecule has 3 aliphatic carbocycles. The van der Waals surface area contributed by atoms with Gasteiger partial charge in [0.05, 0.1) is 18.3 Å². The third kappa shape index (κ3) is 4.38. The van der Waals surface area contributed by atoms with Gasteiger partial charge in [-0.05, 0) is 54.9 Å². The van der Waals surface area contributed by atoms with E-state index in [0.29, 0.717) is 18.4 Å². The molecule has 4 aliphatic rings. The molecule has 1 N–H and O–H groups in total. The molecule has 3 fully saturated rings. The van der Waals surface area contributed by atoms with Crippen LogP contribution in [0.25, 0.3) is 11.1 Å². The maximum absolute atomic E-state index is 13.2. The van der Waals surface area contributed by atoms with E-state index >= 15 is 0 Å². The average molecular weight is 476 g/mol. The van der Waals surface area contributed by atoms with Crippen molar-refractivity contribution in [1.29, 1.82) is 0 Å². The molecule has 5 nitrogen and oxygen atoms in total. The highest BCUT2D eigenvalue weighted by atomic mass is 16.5. The fourth-order valence-corrected chi connectivity index (χ4v) is 7.31. The summed E-state index contributed by atoms with van der Waals surface area (Å²) in [6.07, 6.45) is 8.05. The lowest BCUT2D eigenvalue weighted by Gasteiger charge is -2.52. The number of hydrogen-bond donors (Lipinski definition) is 1. The Balaban J connectivity index is 1.15. The predicted octanol–water partition coefficient (Wildman–Crippen LogP) is 6.06. The summed E-state index contributed by atoms with van der Waals surface area (Å²) in [7, 11) is 0. The standard InChI is InChI=1S/C30H37NO4/c1-2-33-19-15-16-25-28(17-19)35-27-14-8-7-13-24(27)29(25)31-30(32)34-18-26-22-11-5-3-9-20(22)21-10-4-6-12-23(21)26/h3-6,9-12,19,24-29H,2,7-8,13-18H2,1H3,(H,31,32). The quantitative estimate of drug-likeness (QED) is 0.571. The van der Waals surface area contributed by atoms with Gasteiger partial charge in [0.25, 0.3) is 0 Å². The Morgan fingerprint density at radius 2 is 1.60 bits per heavy atom. The zero-order valence-corrected chi connectivity index (χ0v) is 20.7. The molecule has 0 bridgehead atoms. The molecule has 2 aromatic carbocycles. The van der Waals surface area contributed by atoms with Crippen LogP contribution in [0.1, 0.15) is 68.9 Å². The first-order chi connectivity index (χ1) is 17.2. The number of nitrogens with one attached hydrogen (secondary N) is 1. The first-order valence-corrected chi connectivity index (χ1v) is 13.6. The molecule has 0 aromatic heterocycles. The third-order valence-corrected chi connectivity index (χ3v) is 8.85. The van der Waals surface area contributed by atoms with Crippen LogP contribution < -0.4 is 5.32 Å². The van der Waals surface area contributed by atoms with Gasteiger partial charge in [0, 0.05) is 36.8 Å². The monoisotopic (exact) mass is 475 g/mol. The van der Waals surface area contributed by atoms with Crippen LogP contribution in [0.2, 0.25) is 0 Å². The second kappa shape index (κ2) is 9.94. The molecular weight excluding hydrogens is 438 g/mol. The first-order valence-electron chi connectivity index (χ1n) is 13.6. The zero-order chi connectivity index (χ0) is 23.8. The molecule has 2 aromatic rings. The number of alkyl carbamates (subject to hydrolysis) is 1. The van der Waals surface area contributed by atoms with Crippen LogP contribution in [0, 0.1) is 11.8 Å².